The van der Waals surface area contributed by atoms with E-state index in [2.05, 4.69) is 34.8 Å². The van der Waals surface area contributed by atoms with E-state index in [1.54, 1.807) is 30.5 Å². The van der Waals surface area contributed by atoms with Gasteiger partial charge in [0.05, 0.1) is 11.6 Å². The lowest BCUT2D eigenvalue weighted by Gasteiger charge is -2.10. The molecule has 5 nitrogen and oxygen atoms in total. The highest BCUT2D eigenvalue weighted by molar-refractivity contribution is 5.90. The number of anilines is 1. The van der Waals surface area contributed by atoms with Crippen LogP contribution in [0.1, 0.15) is 44.0 Å². The molecule has 22 heavy (non-hydrogen) atoms. The molecule has 0 fully saturated rings. The van der Waals surface area contributed by atoms with E-state index in [0.717, 1.165) is 18.8 Å². The summed E-state index contributed by atoms with van der Waals surface area (Å²) in [6, 6.07) is 8.98. The average molecular weight is 296 g/mol. The number of amides is 1. The highest BCUT2D eigenvalue weighted by Crippen LogP contribution is 2.13. The number of nitriles is 1. The third-order valence-electron chi connectivity index (χ3n) is 3.34. The summed E-state index contributed by atoms with van der Waals surface area (Å²) in [7, 11) is 0. The average Bonchev–Trinajstić information content (AvgIpc) is 2.96. The summed E-state index contributed by atoms with van der Waals surface area (Å²) >= 11 is 0. The second-order valence-electron chi connectivity index (χ2n) is 5.48. The Hall–Kier alpha value is -2.61. The number of carbonyl (C=O) groups excluding carboxylic acids is 1. The van der Waals surface area contributed by atoms with Gasteiger partial charge < -0.3 is 9.88 Å². The van der Waals surface area contributed by atoms with E-state index in [1.165, 1.54) is 0 Å². The van der Waals surface area contributed by atoms with E-state index in [1.807, 2.05) is 6.20 Å². The van der Waals surface area contributed by atoms with Crippen molar-refractivity contribution in [2.45, 2.75) is 39.2 Å². The topological polar surface area (TPSA) is 70.7 Å². The zero-order valence-corrected chi connectivity index (χ0v) is 12.9. The minimum absolute atomic E-state index is 0.0405. The van der Waals surface area contributed by atoms with Gasteiger partial charge in [-0.2, -0.15) is 5.26 Å². The highest BCUT2D eigenvalue weighted by Gasteiger charge is 2.08. The molecule has 0 radical (unpaired) electrons. The number of hydrogen-bond acceptors (Lipinski definition) is 3. The molecule has 0 atom stereocenters. The Bertz CT molecular complexity index is 682. The van der Waals surface area contributed by atoms with Crippen molar-refractivity contribution in [3.8, 4) is 6.07 Å². The van der Waals surface area contributed by atoms with Crippen molar-refractivity contribution in [1.29, 1.82) is 5.26 Å². The van der Waals surface area contributed by atoms with Crippen LogP contribution in [0.4, 0.5) is 5.69 Å². The lowest BCUT2D eigenvalue weighted by molar-refractivity contribution is -0.116. The quantitative estimate of drug-likeness (QED) is 0.889. The molecule has 0 saturated carbocycles. The third kappa shape index (κ3) is 4.19. The van der Waals surface area contributed by atoms with E-state index in [0.29, 0.717) is 23.6 Å². The van der Waals surface area contributed by atoms with Crippen molar-refractivity contribution in [3.63, 3.8) is 0 Å². The maximum absolute atomic E-state index is 11.9. The van der Waals surface area contributed by atoms with Gasteiger partial charge in [-0.05, 0) is 24.6 Å². The molecule has 0 aliphatic rings. The monoisotopic (exact) mass is 296 g/mol. The molecule has 1 aromatic carbocycles. The van der Waals surface area contributed by atoms with Crippen LogP contribution < -0.4 is 5.32 Å². The predicted octanol–water partition coefficient (Wildman–Crippen LogP) is 3.30. The Kier molecular flexibility index (Phi) is 5.31. The Morgan fingerprint density at radius 3 is 3.00 bits per heavy atom. The Balaban J connectivity index is 1.83. The van der Waals surface area contributed by atoms with Crippen molar-refractivity contribution < 1.29 is 4.79 Å². The summed E-state index contributed by atoms with van der Waals surface area (Å²) in [6.07, 6.45) is 4.93. The van der Waals surface area contributed by atoms with Crippen LogP contribution in [0.3, 0.4) is 0 Å². The number of hydrogen-bond donors (Lipinski definition) is 1. The Morgan fingerprint density at radius 2 is 2.27 bits per heavy atom. The molecule has 0 bridgehead atoms. The molecule has 2 aromatic rings. The van der Waals surface area contributed by atoms with Crippen LogP contribution in [-0.4, -0.2) is 15.5 Å². The van der Waals surface area contributed by atoms with Gasteiger partial charge in [-0.15, -0.1) is 0 Å². The first-order valence-electron chi connectivity index (χ1n) is 7.41. The molecular weight excluding hydrogens is 276 g/mol. The fourth-order valence-corrected chi connectivity index (χ4v) is 2.31. The van der Waals surface area contributed by atoms with Crippen LogP contribution in [0, 0.1) is 11.3 Å². The molecule has 0 saturated heterocycles. The Morgan fingerprint density at radius 1 is 1.45 bits per heavy atom. The summed E-state index contributed by atoms with van der Waals surface area (Å²) in [5.74, 6) is 1.38. The molecule has 114 valence electrons. The van der Waals surface area contributed by atoms with Gasteiger partial charge in [-0.25, -0.2) is 4.98 Å². The van der Waals surface area contributed by atoms with Gasteiger partial charge in [0.25, 0.3) is 0 Å². The zero-order chi connectivity index (χ0) is 15.9. The van der Waals surface area contributed by atoms with Crippen molar-refractivity contribution in [2.24, 2.45) is 0 Å². The molecule has 0 aliphatic heterocycles. The first kappa shape index (κ1) is 15.8. The summed E-state index contributed by atoms with van der Waals surface area (Å²) < 4.78 is 2.09. The first-order valence-corrected chi connectivity index (χ1v) is 7.41. The fourth-order valence-electron chi connectivity index (χ4n) is 2.31. The summed E-state index contributed by atoms with van der Waals surface area (Å²) in [6.45, 7) is 4.99. The number of aryl methyl sites for hydroxylation is 1. The van der Waals surface area contributed by atoms with Gasteiger partial charge in [0.2, 0.25) is 5.91 Å². The van der Waals surface area contributed by atoms with Crippen molar-refractivity contribution in [3.05, 3.63) is 48.0 Å². The Labute approximate surface area is 130 Å². The molecule has 5 heteroatoms. The molecular formula is C17H20N4O. The van der Waals surface area contributed by atoms with Crippen LogP contribution in [0.15, 0.2) is 36.7 Å². The van der Waals surface area contributed by atoms with Gasteiger partial charge in [-0.1, -0.05) is 19.9 Å². The number of aromatic nitrogens is 2. The number of carbonyl (C=O) groups is 1. The third-order valence-corrected chi connectivity index (χ3v) is 3.34. The van der Waals surface area contributed by atoms with Gasteiger partial charge in [0.15, 0.2) is 0 Å². The number of imidazole rings is 1. The van der Waals surface area contributed by atoms with Gasteiger partial charge in [-0.3, -0.25) is 4.79 Å². The summed E-state index contributed by atoms with van der Waals surface area (Å²) in [5, 5.41) is 11.7. The van der Waals surface area contributed by atoms with Crippen LogP contribution in [0.2, 0.25) is 0 Å². The fraction of sp³-hybridized carbons (Fsp3) is 0.353. The van der Waals surface area contributed by atoms with Gasteiger partial charge >= 0.3 is 0 Å². The maximum Gasteiger partial charge on any atom is 0.224 e. The molecule has 2 rings (SSSR count). The maximum atomic E-state index is 11.9. The van der Waals surface area contributed by atoms with Crippen LogP contribution in [0.5, 0.6) is 0 Å². The molecule has 1 aromatic heterocycles. The lowest BCUT2D eigenvalue weighted by atomic mass is 10.2. The predicted molar refractivity (Wildman–Crippen MR) is 85.3 cm³/mol. The number of nitrogens with zero attached hydrogens (tertiary/aromatic N) is 3. The van der Waals surface area contributed by atoms with E-state index in [4.69, 9.17) is 5.26 Å². The minimum atomic E-state index is -0.0405. The standard InChI is InChI=1S/C17H20N4O/c1-13(2)17-19-8-10-21(17)9-4-7-16(22)20-15-6-3-5-14(11-15)12-18/h3,5-6,8,10-11,13H,4,7,9H2,1-2H3,(H,20,22). The first-order chi connectivity index (χ1) is 10.6. The van der Waals surface area contributed by atoms with E-state index >= 15 is 0 Å². The van der Waals surface area contributed by atoms with E-state index < -0.39 is 0 Å². The van der Waals surface area contributed by atoms with E-state index in [9.17, 15) is 4.79 Å². The van der Waals surface area contributed by atoms with Crippen LogP contribution in [0.25, 0.3) is 0 Å². The summed E-state index contributed by atoms with van der Waals surface area (Å²) in [4.78, 5) is 16.3. The lowest BCUT2D eigenvalue weighted by Crippen LogP contribution is -2.13. The van der Waals surface area contributed by atoms with Crippen LogP contribution >= 0.6 is 0 Å². The second-order valence-corrected chi connectivity index (χ2v) is 5.48. The molecule has 0 spiro atoms. The van der Waals surface area contributed by atoms with E-state index in [-0.39, 0.29) is 5.91 Å². The van der Waals surface area contributed by atoms with Crippen molar-refractivity contribution >= 4 is 11.6 Å². The largest absolute Gasteiger partial charge is 0.335 e. The van der Waals surface area contributed by atoms with Crippen molar-refractivity contribution in [2.75, 3.05) is 5.32 Å². The number of rotatable bonds is 6. The number of nitrogens with one attached hydrogen (secondary N) is 1. The van der Waals surface area contributed by atoms with Gasteiger partial charge in [0.1, 0.15) is 5.82 Å². The molecule has 0 aliphatic carbocycles. The van der Waals surface area contributed by atoms with Gasteiger partial charge in [0, 0.05) is 37.0 Å². The smallest absolute Gasteiger partial charge is 0.224 e. The molecule has 1 heterocycles. The molecule has 1 N–H and O–H groups in total. The summed E-state index contributed by atoms with van der Waals surface area (Å²) in [5.41, 5.74) is 1.20. The minimum Gasteiger partial charge on any atom is -0.335 e. The SMILES string of the molecule is CC(C)c1nccn1CCCC(=O)Nc1cccc(C#N)c1. The van der Waals surface area contributed by atoms with Crippen LogP contribution in [-0.2, 0) is 11.3 Å². The number of benzene rings is 1. The highest BCUT2D eigenvalue weighted by atomic mass is 16.1. The molecule has 0 unspecified atom stereocenters. The van der Waals surface area contributed by atoms with Crippen molar-refractivity contribution in [1.82, 2.24) is 9.55 Å². The zero-order valence-electron chi connectivity index (χ0n) is 12.9. The second kappa shape index (κ2) is 7.41. The molecule has 1 amide bonds. The normalized spacial score (nSPS) is 10.5.